The predicted molar refractivity (Wildman–Crippen MR) is 70.4 cm³/mol. The molecule has 7 heteroatoms. The number of nitrogens with one attached hydrogen (secondary N) is 1. The summed E-state index contributed by atoms with van der Waals surface area (Å²) in [5.74, 6) is -1.95. The Labute approximate surface area is 113 Å². The highest BCUT2D eigenvalue weighted by Gasteiger charge is 2.29. The molecule has 0 spiro atoms. The molecule has 0 aromatic carbocycles. The second kappa shape index (κ2) is 7.73. The molecule has 4 N–H and O–H groups in total. The average molecular weight is 273 g/mol. The third-order valence-electron chi connectivity index (χ3n) is 2.72. The molecule has 0 aromatic heterocycles. The van der Waals surface area contributed by atoms with Crippen LogP contribution in [0.4, 0.5) is 0 Å². The second-order valence-electron chi connectivity index (χ2n) is 4.56. The van der Waals surface area contributed by atoms with Crippen molar-refractivity contribution in [2.45, 2.75) is 52.2 Å². The minimum Gasteiger partial charge on any atom is -0.480 e. The van der Waals surface area contributed by atoms with Crippen molar-refractivity contribution < 1.29 is 19.5 Å². The van der Waals surface area contributed by atoms with Crippen molar-refractivity contribution in [2.24, 2.45) is 5.73 Å². The molecule has 110 valence electrons. The average Bonchev–Trinajstić information content (AvgIpc) is 2.33. The molecule has 3 atom stereocenters. The van der Waals surface area contributed by atoms with Crippen LogP contribution in [0, 0.1) is 0 Å². The van der Waals surface area contributed by atoms with E-state index in [-0.39, 0.29) is 0 Å². The molecule has 0 aromatic rings. The van der Waals surface area contributed by atoms with Crippen molar-refractivity contribution in [1.82, 2.24) is 10.2 Å². The Bertz CT molecular complexity index is 344. The van der Waals surface area contributed by atoms with E-state index in [1.165, 1.54) is 25.7 Å². The number of carboxylic acid groups (broad SMARTS) is 1. The summed E-state index contributed by atoms with van der Waals surface area (Å²) in [6.45, 7) is 6.64. The number of nitrogens with two attached hydrogens (primary N) is 1. The zero-order valence-electron chi connectivity index (χ0n) is 11.8. The van der Waals surface area contributed by atoms with E-state index in [4.69, 9.17) is 10.8 Å². The molecule has 0 saturated carbocycles. The van der Waals surface area contributed by atoms with Gasteiger partial charge in [0.2, 0.25) is 11.8 Å². The van der Waals surface area contributed by atoms with Crippen molar-refractivity contribution in [3.05, 3.63) is 0 Å². The lowest BCUT2D eigenvalue weighted by Crippen LogP contribution is -2.54. The number of nitrogens with zero attached hydrogens (tertiary/aromatic N) is 1. The molecular weight excluding hydrogens is 250 g/mol. The van der Waals surface area contributed by atoms with Crippen molar-refractivity contribution in [3.63, 3.8) is 0 Å². The molecule has 0 unspecified atom stereocenters. The highest BCUT2D eigenvalue weighted by molar-refractivity contribution is 5.91. The van der Waals surface area contributed by atoms with Crippen LogP contribution in [0.15, 0.2) is 0 Å². The first kappa shape index (κ1) is 17.4. The molecule has 0 radical (unpaired) electrons. The van der Waals surface area contributed by atoms with Crippen molar-refractivity contribution in [3.8, 4) is 0 Å². The van der Waals surface area contributed by atoms with Gasteiger partial charge >= 0.3 is 5.97 Å². The first-order valence-corrected chi connectivity index (χ1v) is 6.31. The number of hydrogen-bond acceptors (Lipinski definition) is 4. The summed E-state index contributed by atoms with van der Waals surface area (Å²) in [5.41, 5.74) is 5.40. The summed E-state index contributed by atoms with van der Waals surface area (Å²) >= 11 is 0. The van der Waals surface area contributed by atoms with Gasteiger partial charge in [-0.3, -0.25) is 9.59 Å². The van der Waals surface area contributed by atoms with E-state index in [2.05, 4.69) is 5.32 Å². The van der Waals surface area contributed by atoms with E-state index in [0.717, 1.165) is 0 Å². The molecule has 0 saturated heterocycles. The summed E-state index contributed by atoms with van der Waals surface area (Å²) in [6.07, 6.45) is 0.636. The molecule has 19 heavy (non-hydrogen) atoms. The van der Waals surface area contributed by atoms with Crippen LogP contribution in [0.2, 0.25) is 0 Å². The van der Waals surface area contributed by atoms with E-state index >= 15 is 0 Å². The number of carbonyl (C=O) groups excluding carboxylic acids is 2. The van der Waals surface area contributed by atoms with E-state index in [1.807, 2.05) is 6.92 Å². The normalized spacial score (nSPS) is 15.2. The van der Waals surface area contributed by atoms with Gasteiger partial charge < -0.3 is 21.1 Å². The van der Waals surface area contributed by atoms with Gasteiger partial charge in [-0.1, -0.05) is 6.92 Å². The lowest BCUT2D eigenvalue weighted by atomic mass is 10.2. The Morgan fingerprint density at radius 3 is 2.16 bits per heavy atom. The minimum absolute atomic E-state index is 0.324. The van der Waals surface area contributed by atoms with Gasteiger partial charge in [0.05, 0.1) is 6.04 Å². The van der Waals surface area contributed by atoms with Crippen LogP contribution < -0.4 is 11.1 Å². The van der Waals surface area contributed by atoms with Crippen LogP contribution in [0.3, 0.4) is 0 Å². The van der Waals surface area contributed by atoms with Gasteiger partial charge in [-0.05, 0) is 27.2 Å². The molecule has 2 amide bonds. The summed E-state index contributed by atoms with van der Waals surface area (Å²) in [6, 6.07) is -2.44. The Morgan fingerprint density at radius 2 is 1.79 bits per heavy atom. The molecule has 0 aliphatic heterocycles. The smallest absolute Gasteiger partial charge is 0.326 e. The fraction of sp³-hybridized carbons (Fsp3) is 0.750. The van der Waals surface area contributed by atoms with Crippen molar-refractivity contribution >= 4 is 17.8 Å². The third-order valence-corrected chi connectivity index (χ3v) is 2.72. The lowest BCUT2D eigenvalue weighted by molar-refractivity contribution is -0.150. The van der Waals surface area contributed by atoms with Gasteiger partial charge in [-0.2, -0.15) is 0 Å². The Kier molecular flexibility index (Phi) is 7.06. The van der Waals surface area contributed by atoms with E-state index in [1.54, 1.807) is 0 Å². The zero-order valence-corrected chi connectivity index (χ0v) is 11.8. The quantitative estimate of drug-likeness (QED) is 0.581. The number of carboxylic acids is 1. The largest absolute Gasteiger partial charge is 0.480 e. The van der Waals surface area contributed by atoms with Crippen molar-refractivity contribution in [1.29, 1.82) is 0 Å². The molecule has 0 bridgehead atoms. The first-order chi connectivity index (χ1) is 8.72. The van der Waals surface area contributed by atoms with E-state index < -0.39 is 35.9 Å². The molecule has 0 heterocycles. The highest BCUT2D eigenvalue weighted by atomic mass is 16.4. The van der Waals surface area contributed by atoms with Crippen LogP contribution >= 0.6 is 0 Å². The van der Waals surface area contributed by atoms with Gasteiger partial charge in [0, 0.05) is 6.54 Å². The van der Waals surface area contributed by atoms with Gasteiger partial charge in [0.25, 0.3) is 0 Å². The maximum atomic E-state index is 12.1. The van der Waals surface area contributed by atoms with E-state index in [9.17, 15) is 14.4 Å². The standard InChI is InChI=1S/C12H23N3O4/c1-5-6-15(9(4)12(18)19)11(17)8(3)14-10(16)7(2)13/h7-9H,5-6,13H2,1-4H3,(H,14,16)(H,18,19)/t7-,8-,9-/m0/s1. The van der Waals surface area contributed by atoms with Gasteiger partial charge in [0.1, 0.15) is 12.1 Å². The zero-order chi connectivity index (χ0) is 15.2. The molecule has 0 aliphatic carbocycles. The Balaban J connectivity index is 4.80. The molecule has 7 nitrogen and oxygen atoms in total. The molecule has 0 aliphatic rings. The highest BCUT2D eigenvalue weighted by Crippen LogP contribution is 2.05. The number of aliphatic carboxylic acids is 1. The Hall–Kier alpha value is -1.63. The third kappa shape index (κ3) is 5.25. The topological polar surface area (TPSA) is 113 Å². The summed E-state index contributed by atoms with van der Waals surface area (Å²) in [5, 5.41) is 11.4. The SMILES string of the molecule is CCCN(C(=O)[C@H](C)NC(=O)[C@H](C)N)[C@@H](C)C(=O)O. The number of hydrogen-bond donors (Lipinski definition) is 3. The fourth-order valence-corrected chi connectivity index (χ4v) is 1.52. The summed E-state index contributed by atoms with van der Waals surface area (Å²) in [7, 11) is 0. The first-order valence-electron chi connectivity index (χ1n) is 6.31. The van der Waals surface area contributed by atoms with Crippen LogP contribution in [-0.4, -0.2) is 52.5 Å². The molecule has 0 fully saturated rings. The van der Waals surface area contributed by atoms with Gasteiger partial charge in [0.15, 0.2) is 0 Å². The number of rotatable bonds is 7. The number of amides is 2. The van der Waals surface area contributed by atoms with Crippen molar-refractivity contribution in [2.75, 3.05) is 6.54 Å². The molecule has 0 rings (SSSR count). The van der Waals surface area contributed by atoms with Crippen LogP contribution in [0.25, 0.3) is 0 Å². The summed E-state index contributed by atoms with van der Waals surface area (Å²) in [4.78, 5) is 35.8. The lowest BCUT2D eigenvalue weighted by Gasteiger charge is -2.29. The molecular formula is C12H23N3O4. The maximum Gasteiger partial charge on any atom is 0.326 e. The number of carbonyl (C=O) groups is 3. The van der Waals surface area contributed by atoms with Gasteiger partial charge in [-0.25, -0.2) is 4.79 Å². The fourth-order valence-electron chi connectivity index (χ4n) is 1.52. The van der Waals surface area contributed by atoms with E-state index in [0.29, 0.717) is 13.0 Å². The predicted octanol–water partition coefficient (Wildman–Crippen LogP) is -0.450. The Morgan fingerprint density at radius 1 is 1.26 bits per heavy atom. The maximum absolute atomic E-state index is 12.1. The summed E-state index contributed by atoms with van der Waals surface area (Å²) < 4.78 is 0. The monoisotopic (exact) mass is 273 g/mol. The second-order valence-corrected chi connectivity index (χ2v) is 4.56. The van der Waals surface area contributed by atoms with Gasteiger partial charge in [-0.15, -0.1) is 0 Å². The minimum atomic E-state index is -1.08. The van der Waals surface area contributed by atoms with Crippen LogP contribution in [0.1, 0.15) is 34.1 Å². The van der Waals surface area contributed by atoms with Crippen LogP contribution in [0.5, 0.6) is 0 Å². The van der Waals surface area contributed by atoms with Crippen LogP contribution in [-0.2, 0) is 14.4 Å².